The van der Waals surface area contributed by atoms with Gasteiger partial charge in [-0.25, -0.2) is 46.5 Å². The van der Waals surface area contributed by atoms with Crippen molar-refractivity contribution in [1.82, 2.24) is 0 Å². The van der Waals surface area contributed by atoms with Gasteiger partial charge in [-0.15, -0.1) is 0 Å². The summed E-state index contributed by atoms with van der Waals surface area (Å²) in [5.74, 6) is -3.49. The highest BCUT2D eigenvalue weighted by molar-refractivity contribution is 7.93. The summed E-state index contributed by atoms with van der Waals surface area (Å²) in [5, 5.41) is 0. The molecule has 5 saturated heterocycles. The zero-order valence-corrected chi connectivity index (χ0v) is 50.7. The number of alkyl halides is 1. The van der Waals surface area contributed by atoms with Crippen LogP contribution < -0.4 is 0 Å². The molecule has 0 aromatic rings. The van der Waals surface area contributed by atoms with Crippen molar-refractivity contribution >= 4 is 120 Å². The number of hydrogen-bond donors (Lipinski definition) is 0. The largest absolute Gasteiger partial charge is 0.267 e. The van der Waals surface area contributed by atoms with Crippen molar-refractivity contribution in [1.29, 1.82) is 0 Å². The van der Waals surface area contributed by atoms with Crippen molar-refractivity contribution in [2.45, 2.75) is 94.7 Å². The van der Waals surface area contributed by atoms with E-state index < -0.39 is 191 Å². The Labute approximate surface area is 440 Å². The van der Waals surface area contributed by atoms with Crippen molar-refractivity contribution < 1.29 is 135 Å². The molecule has 0 radical (unpaired) electrons. The fraction of sp³-hybridized carbons (Fsp3) is 1.00. The monoisotopic (exact) mass is 1330 g/mol. The van der Waals surface area contributed by atoms with Crippen LogP contribution in [0.4, 0.5) is 4.39 Å². The fourth-order valence-corrected chi connectivity index (χ4v) is 20.2. The third-order valence-electron chi connectivity index (χ3n) is 9.40. The van der Waals surface area contributed by atoms with Crippen LogP contribution >= 0.6 is 0 Å². The molecule has 0 aromatic carbocycles. The summed E-state index contributed by atoms with van der Waals surface area (Å²) in [6.07, 6.45) is -4.11. The maximum atomic E-state index is 12.9. The lowest BCUT2D eigenvalue weighted by Gasteiger charge is -2.16. The van der Waals surface area contributed by atoms with Gasteiger partial charge >= 0.3 is 0 Å². The lowest BCUT2D eigenvalue weighted by molar-refractivity contribution is 0.102. The Balaban J connectivity index is 0.000000472. The molecule has 5 aliphatic rings. The highest BCUT2D eigenvalue weighted by Gasteiger charge is 2.45. The molecule has 0 N–H and O–H groups in total. The fourth-order valence-electron chi connectivity index (χ4n) is 6.38. The van der Waals surface area contributed by atoms with Crippen LogP contribution in [0.5, 0.6) is 0 Å². The molecule has 0 saturated carbocycles. The molecule has 31 nitrogen and oxygen atoms in total. The molecule has 8 unspecified atom stereocenters. The highest BCUT2D eigenvalue weighted by atomic mass is 32.3. The van der Waals surface area contributed by atoms with Gasteiger partial charge in [0.25, 0.3) is 70.8 Å². The van der Waals surface area contributed by atoms with Gasteiger partial charge in [-0.2, -0.15) is 58.9 Å². The standard InChI is InChI=1S/C7H14O8S3.C7H14O5S2.C6H12O8S3.C6H12O5S2.C5H9FO5S2/c1-3-18(12,13)15-7-5-17(10,11)4-6(7)14-16(2,8)9;1-2-4-14(10,11)12-7-3-5-13(8,9)6-7;1-15(7,8)13-5-3-17(11,12)4-6(5)14-16(2,9)10;1-2-13(9,10)11-6-3-4-12(7,8)5-6;1-12(7,8)11-4-2-3-13(9,10)5(4)6/h6-7H,3-5H2,1-2H3;7H,2-6H2,1H3;5-6H,3-4H2,1-2H3;6H,2-5H2,1H3;4-5H,2-3H2,1H3. The van der Waals surface area contributed by atoms with Gasteiger partial charge in [0.05, 0.1) is 106 Å². The van der Waals surface area contributed by atoms with Crippen molar-refractivity contribution in [2.75, 3.05) is 94.1 Å². The smallest absolute Gasteiger partial charge is 0.266 e. The maximum absolute atomic E-state index is 12.9. The first kappa shape index (κ1) is 72.1. The summed E-state index contributed by atoms with van der Waals surface area (Å²) >= 11 is 0. The van der Waals surface area contributed by atoms with Crippen molar-refractivity contribution in [3.05, 3.63) is 0 Å². The van der Waals surface area contributed by atoms with Gasteiger partial charge in [0.15, 0.2) is 49.2 Å². The first-order chi connectivity index (χ1) is 33.2. The zero-order chi connectivity index (χ0) is 58.9. The van der Waals surface area contributed by atoms with Gasteiger partial charge in [0.1, 0.15) is 30.5 Å². The molecule has 8 atom stereocenters. The first-order valence-corrected chi connectivity index (χ1v) is 42.2. The summed E-state index contributed by atoms with van der Waals surface area (Å²) in [6.45, 7) is 4.51. The van der Waals surface area contributed by atoms with E-state index in [9.17, 15) is 105 Å². The molecule has 5 aliphatic heterocycles. The van der Waals surface area contributed by atoms with E-state index in [2.05, 4.69) is 25.1 Å². The van der Waals surface area contributed by atoms with Gasteiger partial charge in [-0.3, -0.25) is 29.3 Å². The molecule has 5 rings (SSSR count). The van der Waals surface area contributed by atoms with Crippen LogP contribution in [0.25, 0.3) is 0 Å². The summed E-state index contributed by atoms with van der Waals surface area (Å²) in [6, 6.07) is 0. The van der Waals surface area contributed by atoms with Crippen LogP contribution in [0.2, 0.25) is 0 Å². The number of rotatable bonds is 18. The van der Waals surface area contributed by atoms with Crippen LogP contribution in [0, 0.1) is 0 Å². The Morgan fingerprint density at radius 3 is 0.920 bits per heavy atom. The highest BCUT2D eigenvalue weighted by Crippen LogP contribution is 2.26. The van der Waals surface area contributed by atoms with E-state index in [0.717, 1.165) is 25.0 Å². The van der Waals surface area contributed by atoms with E-state index in [1.807, 2.05) is 0 Å². The molecule has 450 valence electrons. The van der Waals surface area contributed by atoms with Gasteiger partial charge < -0.3 is 0 Å². The van der Waals surface area contributed by atoms with Crippen LogP contribution in [0.3, 0.4) is 0 Å². The molecule has 0 amide bonds. The molecule has 0 bridgehead atoms. The molecular weight excluding hydrogens is 1270 g/mol. The van der Waals surface area contributed by atoms with Crippen molar-refractivity contribution in [3.8, 4) is 0 Å². The topological polar surface area (TPSA) is 474 Å². The Bertz CT molecular complexity index is 3310. The average Bonchev–Trinajstić information content (AvgIpc) is 3.91. The second-order valence-corrected chi connectivity index (χ2v) is 39.7. The first-order valence-electron chi connectivity index (χ1n) is 21.2. The predicted molar refractivity (Wildman–Crippen MR) is 264 cm³/mol. The van der Waals surface area contributed by atoms with E-state index >= 15 is 0 Å². The minimum atomic E-state index is -3.89. The van der Waals surface area contributed by atoms with Gasteiger partial charge in [-0.1, -0.05) is 6.92 Å². The Kier molecular flexibility index (Phi) is 26.1. The molecule has 75 heavy (non-hydrogen) atoms. The number of halogens is 1. The molecule has 0 aliphatic carbocycles. The molecule has 0 aromatic heterocycles. The predicted octanol–water partition coefficient (Wildman–Crippen LogP) is -4.49. The van der Waals surface area contributed by atoms with Crippen LogP contribution in [-0.4, -0.2) is 243 Å². The molecular formula is C31H61FO31S12. The Morgan fingerprint density at radius 2 is 0.667 bits per heavy atom. The minimum absolute atomic E-state index is 0.0247. The Hall–Kier alpha value is -0.950. The number of hydrogen-bond acceptors (Lipinski definition) is 31. The Morgan fingerprint density at radius 1 is 0.373 bits per heavy atom. The lowest BCUT2D eigenvalue weighted by Crippen LogP contribution is -2.34. The molecule has 0 spiro atoms. The van der Waals surface area contributed by atoms with Crippen LogP contribution in [0.15, 0.2) is 0 Å². The molecule has 5 heterocycles. The maximum Gasteiger partial charge on any atom is 0.267 e. The van der Waals surface area contributed by atoms with Crippen molar-refractivity contribution in [3.63, 3.8) is 0 Å². The summed E-state index contributed by atoms with van der Waals surface area (Å²) in [5.41, 5.74) is -2.22. The minimum Gasteiger partial charge on any atom is -0.266 e. The second-order valence-electron chi connectivity index (χ2n) is 16.8. The molecule has 5 fully saturated rings. The second kappa shape index (κ2) is 27.2. The summed E-state index contributed by atoms with van der Waals surface area (Å²) < 4.78 is 309. The lowest BCUT2D eigenvalue weighted by atomic mass is 10.3. The van der Waals surface area contributed by atoms with Crippen LogP contribution in [0.1, 0.15) is 46.5 Å². The average molecular weight is 1330 g/mol. The van der Waals surface area contributed by atoms with E-state index in [1.165, 1.54) is 13.8 Å². The van der Waals surface area contributed by atoms with E-state index in [-0.39, 0.29) is 65.3 Å². The SMILES string of the molecule is CCCS(=O)(=O)OC1CCS(=O)(=O)C1.CCS(=O)(=O)OC1CCS(=O)(=O)C1.CCS(=O)(=O)OC1CS(=O)(=O)CC1OS(C)(=O)=O.CS(=O)(=O)OC1CCS(=O)(=O)C1F.CS(=O)(=O)OC1CS(=O)(=O)CC1OS(C)(=O)=O. The van der Waals surface area contributed by atoms with E-state index in [1.54, 1.807) is 6.92 Å². The molecule has 44 heteroatoms. The van der Waals surface area contributed by atoms with Gasteiger partial charge in [0, 0.05) is 0 Å². The summed E-state index contributed by atoms with van der Waals surface area (Å²) in [7, 11) is -43.5. The van der Waals surface area contributed by atoms with Crippen molar-refractivity contribution in [2.24, 2.45) is 0 Å². The van der Waals surface area contributed by atoms with Crippen LogP contribution in [-0.2, 0) is 149 Å². The zero-order valence-electron chi connectivity index (χ0n) is 40.9. The third-order valence-corrected chi connectivity index (χ3v) is 24.4. The normalized spacial score (nSPS) is 29.0. The van der Waals surface area contributed by atoms with Gasteiger partial charge in [-0.05, 0) is 39.5 Å². The van der Waals surface area contributed by atoms with Gasteiger partial charge in [0.2, 0.25) is 5.50 Å². The van der Waals surface area contributed by atoms with E-state index in [0.29, 0.717) is 6.42 Å². The summed E-state index contributed by atoms with van der Waals surface area (Å²) in [4.78, 5) is 0. The van der Waals surface area contributed by atoms with E-state index in [4.69, 9.17) is 4.18 Å². The third kappa shape index (κ3) is 30.4. The number of sulfone groups is 5. The quantitative estimate of drug-likeness (QED) is 0.117.